The average Bonchev–Trinajstić information content (AvgIpc) is 3.28. The third-order valence-corrected chi connectivity index (χ3v) is 5.54. The Kier molecular flexibility index (Phi) is 10.9. The first-order valence-corrected chi connectivity index (χ1v) is 12.0. The van der Waals surface area contributed by atoms with Crippen LogP contribution in [0.25, 0.3) is 10.9 Å². The predicted octanol–water partition coefficient (Wildman–Crippen LogP) is 2.53. The maximum absolute atomic E-state index is 12.4. The molecule has 2 heterocycles. The summed E-state index contributed by atoms with van der Waals surface area (Å²) in [6.45, 7) is 4.54. The van der Waals surface area contributed by atoms with Crippen molar-refractivity contribution in [3.63, 3.8) is 0 Å². The maximum atomic E-state index is 12.4. The van der Waals surface area contributed by atoms with Gasteiger partial charge in [-0.3, -0.25) is 19.2 Å². The molecule has 1 unspecified atom stereocenters. The molecule has 1 fully saturated rings. The van der Waals surface area contributed by atoms with Gasteiger partial charge in [-0.2, -0.15) is 0 Å². The monoisotopic (exact) mass is 492 g/mol. The van der Waals surface area contributed by atoms with E-state index in [2.05, 4.69) is 34.8 Å². The number of aromatic amines is 1. The molecule has 1 saturated heterocycles. The molecule has 3 rings (SSSR count). The number of ether oxygens (including phenoxy) is 1. The minimum atomic E-state index is -0.881. The maximum Gasteiger partial charge on any atom is 0.268 e. The largest absolute Gasteiger partial charge is 0.496 e. The summed E-state index contributed by atoms with van der Waals surface area (Å²) in [5, 5.41) is 8.62. The summed E-state index contributed by atoms with van der Waals surface area (Å²) in [7, 11) is 1.54. The van der Waals surface area contributed by atoms with E-state index in [0.29, 0.717) is 18.7 Å². The molecule has 0 radical (unpaired) electrons. The molecule has 0 aliphatic carbocycles. The summed E-state index contributed by atoms with van der Waals surface area (Å²) >= 11 is 5.67. The van der Waals surface area contributed by atoms with Crippen LogP contribution in [0.2, 0.25) is 0 Å². The molecule has 2 atom stereocenters. The van der Waals surface area contributed by atoms with Crippen molar-refractivity contribution in [1.29, 1.82) is 0 Å². The van der Waals surface area contributed by atoms with E-state index in [9.17, 15) is 19.2 Å². The number of H-pyrrole nitrogens is 1. The average molecular weight is 493 g/mol. The zero-order valence-electron chi connectivity index (χ0n) is 19.8. The van der Waals surface area contributed by atoms with E-state index < -0.39 is 17.9 Å². The van der Waals surface area contributed by atoms with Gasteiger partial charge in [0.05, 0.1) is 25.6 Å². The number of amides is 3. The Morgan fingerprint density at radius 1 is 1.26 bits per heavy atom. The summed E-state index contributed by atoms with van der Waals surface area (Å²) in [4.78, 5) is 51.9. The van der Waals surface area contributed by atoms with Gasteiger partial charge in [-0.15, -0.1) is 11.6 Å². The van der Waals surface area contributed by atoms with Crippen LogP contribution in [0.1, 0.15) is 50.0 Å². The molecule has 34 heavy (non-hydrogen) atoms. The number of ketones is 1. The van der Waals surface area contributed by atoms with Crippen molar-refractivity contribution in [3.05, 3.63) is 30.0 Å². The Morgan fingerprint density at radius 3 is 2.65 bits per heavy atom. The highest BCUT2D eigenvalue weighted by Gasteiger charge is 2.29. The van der Waals surface area contributed by atoms with Gasteiger partial charge in [0.25, 0.3) is 5.91 Å². The molecule has 1 aromatic heterocycles. The van der Waals surface area contributed by atoms with E-state index in [1.807, 2.05) is 6.07 Å². The lowest BCUT2D eigenvalue weighted by atomic mass is 9.90. The highest BCUT2D eigenvalue weighted by Crippen LogP contribution is 2.25. The Morgan fingerprint density at radius 2 is 2.00 bits per heavy atom. The van der Waals surface area contributed by atoms with Crippen molar-refractivity contribution < 1.29 is 23.9 Å². The second kappa shape index (κ2) is 13.6. The van der Waals surface area contributed by atoms with Crippen molar-refractivity contribution >= 4 is 46.0 Å². The van der Waals surface area contributed by atoms with Crippen molar-refractivity contribution in [1.82, 2.24) is 20.9 Å². The Hall–Kier alpha value is -3.07. The normalized spacial score (nSPS) is 16.0. The molecule has 1 aliphatic rings. The Bertz CT molecular complexity index is 1010. The molecule has 186 valence electrons. The molecular weight excluding hydrogens is 460 g/mol. The number of nitrogens with one attached hydrogen (secondary N) is 4. The minimum Gasteiger partial charge on any atom is -0.496 e. The number of Topliss-reactive ketones (excluding diaryl/α,β-unsaturated/α-hetero) is 1. The first-order chi connectivity index (χ1) is 16.3. The van der Waals surface area contributed by atoms with Crippen LogP contribution in [0, 0.1) is 5.92 Å². The number of fused-ring (bicyclic) bond motifs is 1. The molecule has 1 aromatic carbocycles. The second-order valence-electron chi connectivity index (χ2n) is 8.08. The Balaban J connectivity index is 0.00000129. The van der Waals surface area contributed by atoms with Crippen LogP contribution in [0.5, 0.6) is 5.75 Å². The fourth-order valence-electron chi connectivity index (χ4n) is 3.64. The van der Waals surface area contributed by atoms with Crippen LogP contribution < -0.4 is 20.7 Å². The number of piperidine rings is 1. The summed E-state index contributed by atoms with van der Waals surface area (Å²) < 4.78 is 5.28. The van der Waals surface area contributed by atoms with E-state index in [4.69, 9.17) is 16.3 Å². The van der Waals surface area contributed by atoms with Crippen LogP contribution in [0.4, 0.5) is 0 Å². The first kappa shape index (κ1) is 27.2. The number of halogens is 1. The van der Waals surface area contributed by atoms with Gasteiger partial charge in [0.15, 0.2) is 5.78 Å². The molecule has 10 heteroatoms. The quantitative estimate of drug-likeness (QED) is 0.400. The van der Waals surface area contributed by atoms with E-state index >= 15 is 0 Å². The number of carbonyl (C=O) groups excluding carboxylic acids is 4. The fraction of sp³-hybridized carbons (Fsp3) is 0.500. The van der Waals surface area contributed by atoms with Crippen LogP contribution in [-0.4, -0.2) is 60.6 Å². The lowest BCUT2D eigenvalue weighted by molar-refractivity contribution is -0.130. The minimum absolute atomic E-state index is 0.129. The van der Waals surface area contributed by atoms with Gasteiger partial charge in [-0.25, -0.2) is 0 Å². The number of alkyl halides is 1. The predicted molar refractivity (Wildman–Crippen MR) is 131 cm³/mol. The van der Waals surface area contributed by atoms with Crippen molar-refractivity contribution in [2.45, 2.75) is 45.6 Å². The SMILES string of the molecule is CCC.COc1cccc2[nH]c(C(=O)NCC(=O)NC(C[C@@H]3CCCNC3=O)C(=O)CCl)cc12. The molecule has 0 saturated carbocycles. The summed E-state index contributed by atoms with van der Waals surface area (Å²) in [5.41, 5.74) is 1.01. The summed E-state index contributed by atoms with van der Waals surface area (Å²) in [6.07, 6.45) is 2.89. The van der Waals surface area contributed by atoms with Crippen molar-refractivity contribution in [2.75, 3.05) is 26.1 Å². The zero-order valence-corrected chi connectivity index (χ0v) is 20.6. The van der Waals surface area contributed by atoms with Gasteiger partial charge in [0.2, 0.25) is 11.8 Å². The van der Waals surface area contributed by atoms with Crippen molar-refractivity contribution in [3.8, 4) is 5.75 Å². The molecule has 0 spiro atoms. The molecule has 4 N–H and O–H groups in total. The molecule has 2 aromatic rings. The summed E-state index contributed by atoms with van der Waals surface area (Å²) in [5.74, 6) is -1.52. The molecule has 0 bridgehead atoms. The van der Waals surface area contributed by atoms with Gasteiger partial charge in [0.1, 0.15) is 11.4 Å². The van der Waals surface area contributed by atoms with Gasteiger partial charge < -0.3 is 25.7 Å². The third-order valence-electron chi connectivity index (χ3n) is 5.27. The third kappa shape index (κ3) is 7.48. The molecule has 9 nitrogen and oxygen atoms in total. The number of rotatable bonds is 9. The molecule has 3 amide bonds. The molecular formula is C24H33ClN4O5. The zero-order chi connectivity index (χ0) is 25.1. The number of methoxy groups -OCH3 is 1. The number of hydrogen-bond acceptors (Lipinski definition) is 5. The van der Waals surface area contributed by atoms with Crippen LogP contribution >= 0.6 is 11.6 Å². The van der Waals surface area contributed by atoms with E-state index in [-0.39, 0.29) is 42.1 Å². The number of aromatic nitrogens is 1. The smallest absolute Gasteiger partial charge is 0.268 e. The topological polar surface area (TPSA) is 129 Å². The van der Waals surface area contributed by atoms with Gasteiger partial charge in [0, 0.05) is 23.4 Å². The highest BCUT2D eigenvalue weighted by atomic mass is 35.5. The second-order valence-corrected chi connectivity index (χ2v) is 8.35. The van der Waals surface area contributed by atoms with Gasteiger partial charge in [-0.05, 0) is 37.5 Å². The fourth-order valence-corrected chi connectivity index (χ4v) is 3.82. The van der Waals surface area contributed by atoms with Gasteiger partial charge in [-0.1, -0.05) is 26.3 Å². The number of carbonyl (C=O) groups is 4. The Labute approximate surface area is 204 Å². The lowest BCUT2D eigenvalue weighted by Gasteiger charge is -2.26. The summed E-state index contributed by atoms with van der Waals surface area (Å²) in [6, 6.07) is 6.15. The lowest BCUT2D eigenvalue weighted by Crippen LogP contribution is -2.48. The number of benzene rings is 1. The van der Waals surface area contributed by atoms with Crippen LogP contribution in [-0.2, 0) is 14.4 Å². The van der Waals surface area contributed by atoms with E-state index in [1.54, 1.807) is 25.3 Å². The number of hydrogen-bond donors (Lipinski definition) is 4. The highest BCUT2D eigenvalue weighted by molar-refractivity contribution is 6.28. The standard InChI is InChI=1S/C21H25ClN4O5.C3H8/c1-31-18-6-2-5-14-13(18)9-16(25-14)21(30)24-11-19(28)26-15(17(27)10-22)8-12-4-3-7-23-20(12)29;1-3-2/h2,5-6,9,12,15,25H,3-4,7-8,10-11H2,1H3,(H,23,29)(H,24,30)(H,26,28);3H2,1-2H3/t12-,15?;/m0./s1. The van der Waals surface area contributed by atoms with E-state index in [1.165, 1.54) is 6.42 Å². The van der Waals surface area contributed by atoms with Crippen LogP contribution in [0.15, 0.2) is 24.3 Å². The van der Waals surface area contributed by atoms with E-state index in [0.717, 1.165) is 17.3 Å². The van der Waals surface area contributed by atoms with Crippen LogP contribution in [0.3, 0.4) is 0 Å². The first-order valence-electron chi connectivity index (χ1n) is 11.4. The van der Waals surface area contributed by atoms with Crippen molar-refractivity contribution in [2.24, 2.45) is 5.92 Å². The molecule has 1 aliphatic heterocycles. The van der Waals surface area contributed by atoms with Gasteiger partial charge >= 0.3 is 0 Å².